The van der Waals surface area contributed by atoms with Gasteiger partial charge in [-0.3, -0.25) is 0 Å². The maximum Gasteiger partial charge on any atom is 0.207 e. The fraction of sp³-hybridized carbons (Fsp3) is 0. The van der Waals surface area contributed by atoms with Crippen molar-refractivity contribution in [3.63, 3.8) is 0 Å². The molecule has 130 valence electrons. The van der Waals surface area contributed by atoms with Crippen LogP contribution in [0, 0.1) is 5.82 Å². The molecule has 5 rings (SSSR count). The molecule has 3 aromatic heterocycles. The van der Waals surface area contributed by atoms with Crippen LogP contribution < -0.4 is 0 Å². The predicted octanol–water partition coefficient (Wildman–Crippen LogP) is 4.22. The van der Waals surface area contributed by atoms with Crippen molar-refractivity contribution in [2.45, 2.75) is 0 Å². The van der Waals surface area contributed by atoms with E-state index in [1.54, 1.807) is 6.07 Å². The summed E-state index contributed by atoms with van der Waals surface area (Å²) >= 11 is 0. The van der Waals surface area contributed by atoms with Crippen LogP contribution in [0.15, 0.2) is 67.0 Å². The van der Waals surface area contributed by atoms with Gasteiger partial charge in [0.2, 0.25) is 5.82 Å². The van der Waals surface area contributed by atoms with Crippen LogP contribution >= 0.6 is 0 Å². The SMILES string of the molecule is Fc1cc(-c2c[nH]c3ncc(-c4ccccc4)cc23)ccc1-c1nn[nH]n1. The monoisotopic (exact) mass is 356 g/mol. The summed E-state index contributed by atoms with van der Waals surface area (Å²) in [4.78, 5) is 7.66. The number of fused-ring (bicyclic) bond motifs is 1. The van der Waals surface area contributed by atoms with Crippen LogP contribution in [0.5, 0.6) is 0 Å². The highest BCUT2D eigenvalue weighted by atomic mass is 19.1. The Morgan fingerprint density at radius 2 is 1.74 bits per heavy atom. The summed E-state index contributed by atoms with van der Waals surface area (Å²) in [5, 5.41) is 14.4. The molecule has 27 heavy (non-hydrogen) atoms. The minimum Gasteiger partial charge on any atom is -0.346 e. The largest absolute Gasteiger partial charge is 0.346 e. The number of aromatic nitrogens is 6. The summed E-state index contributed by atoms with van der Waals surface area (Å²) in [5.74, 6) is -0.179. The second-order valence-corrected chi connectivity index (χ2v) is 6.12. The zero-order chi connectivity index (χ0) is 18.2. The van der Waals surface area contributed by atoms with E-state index in [2.05, 4.69) is 36.7 Å². The summed E-state index contributed by atoms with van der Waals surface area (Å²) < 4.78 is 14.6. The summed E-state index contributed by atoms with van der Waals surface area (Å²) in [6.07, 6.45) is 3.67. The number of pyridine rings is 1. The fourth-order valence-corrected chi connectivity index (χ4v) is 3.17. The van der Waals surface area contributed by atoms with E-state index in [0.29, 0.717) is 5.56 Å². The lowest BCUT2D eigenvalue weighted by Gasteiger charge is -2.05. The maximum atomic E-state index is 14.6. The van der Waals surface area contributed by atoms with E-state index >= 15 is 0 Å². The van der Waals surface area contributed by atoms with Gasteiger partial charge in [0.05, 0.1) is 5.56 Å². The molecule has 5 aromatic rings. The summed E-state index contributed by atoms with van der Waals surface area (Å²) in [7, 11) is 0. The van der Waals surface area contributed by atoms with Crippen molar-refractivity contribution in [3.8, 4) is 33.6 Å². The molecule has 0 spiro atoms. The van der Waals surface area contributed by atoms with Crippen LogP contribution in [-0.2, 0) is 0 Å². The van der Waals surface area contributed by atoms with Crippen molar-refractivity contribution < 1.29 is 4.39 Å². The average molecular weight is 356 g/mol. The molecular formula is C20H13FN6. The van der Waals surface area contributed by atoms with E-state index in [9.17, 15) is 4.39 Å². The summed E-state index contributed by atoms with van der Waals surface area (Å²) in [5.41, 5.74) is 4.78. The first-order valence-corrected chi connectivity index (χ1v) is 8.36. The van der Waals surface area contributed by atoms with E-state index in [0.717, 1.165) is 33.3 Å². The van der Waals surface area contributed by atoms with E-state index < -0.39 is 5.82 Å². The van der Waals surface area contributed by atoms with E-state index in [1.165, 1.54) is 6.07 Å². The van der Waals surface area contributed by atoms with Crippen molar-refractivity contribution in [1.29, 1.82) is 0 Å². The zero-order valence-corrected chi connectivity index (χ0v) is 14.0. The number of rotatable bonds is 3. The Morgan fingerprint density at radius 1 is 0.852 bits per heavy atom. The Hall–Kier alpha value is -3.87. The molecule has 0 bridgehead atoms. The van der Waals surface area contributed by atoms with Crippen molar-refractivity contribution in [1.82, 2.24) is 30.6 Å². The highest BCUT2D eigenvalue weighted by Gasteiger charge is 2.14. The molecule has 0 saturated heterocycles. The third-order valence-electron chi connectivity index (χ3n) is 4.50. The molecule has 0 aliphatic heterocycles. The first-order chi connectivity index (χ1) is 13.3. The quantitative estimate of drug-likeness (QED) is 0.507. The predicted molar refractivity (Wildman–Crippen MR) is 100 cm³/mol. The zero-order valence-electron chi connectivity index (χ0n) is 14.0. The normalized spacial score (nSPS) is 11.1. The fourth-order valence-electron chi connectivity index (χ4n) is 3.17. The van der Waals surface area contributed by atoms with E-state index in [-0.39, 0.29) is 5.82 Å². The summed E-state index contributed by atoms with van der Waals surface area (Å²) in [6.45, 7) is 0. The molecule has 2 aromatic carbocycles. The minimum absolute atomic E-state index is 0.228. The van der Waals surface area contributed by atoms with Crippen LogP contribution in [0.1, 0.15) is 0 Å². The van der Waals surface area contributed by atoms with E-state index in [1.807, 2.05) is 48.8 Å². The van der Waals surface area contributed by atoms with Crippen LogP contribution in [0.3, 0.4) is 0 Å². The molecule has 2 N–H and O–H groups in total. The molecule has 0 aliphatic rings. The van der Waals surface area contributed by atoms with Gasteiger partial charge in [0, 0.05) is 28.9 Å². The molecule has 0 saturated carbocycles. The molecule has 7 heteroatoms. The third kappa shape index (κ3) is 2.65. The Labute approximate surface area is 153 Å². The first kappa shape index (κ1) is 15.4. The standard InChI is InChI=1S/C20H13FN6/c21-18-9-13(6-7-15(18)20-24-26-27-25-20)17-11-23-19-16(17)8-14(10-22-19)12-4-2-1-3-5-12/h1-11H,(H,22,23)(H,24,25,26,27). The molecule has 0 atom stereocenters. The Bertz CT molecular complexity index is 1230. The molecule has 0 fully saturated rings. The number of hydrogen-bond donors (Lipinski definition) is 2. The molecule has 3 heterocycles. The van der Waals surface area contributed by atoms with Gasteiger partial charge < -0.3 is 4.98 Å². The molecule has 0 radical (unpaired) electrons. The number of aromatic amines is 2. The molecule has 0 unspecified atom stereocenters. The van der Waals surface area contributed by atoms with Gasteiger partial charge in [0.15, 0.2) is 0 Å². The van der Waals surface area contributed by atoms with Crippen LogP contribution in [0.4, 0.5) is 4.39 Å². The highest BCUT2D eigenvalue weighted by molar-refractivity contribution is 5.96. The van der Waals surface area contributed by atoms with Crippen LogP contribution in [0.25, 0.3) is 44.7 Å². The van der Waals surface area contributed by atoms with Gasteiger partial charge in [-0.15, -0.1) is 10.2 Å². The number of tetrazole rings is 1. The number of hydrogen-bond acceptors (Lipinski definition) is 4. The van der Waals surface area contributed by atoms with Gasteiger partial charge in [0.1, 0.15) is 11.5 Å². The second kappa shape index (κ2) is 6.14. The molecule has 0 amide bonds. The van der Waals surface area contributed by atoms with Crippen molar-refractivity contribution in [3.05, 3.63) is 72.8 Å². The van der Waals surface area contributed by atoms with Gasteiger partial charge in [-0.25, -0.2) is 9.37 Å². The first-order valence-electron chi connectivity index (χ1n) is 8.36. The van der Waals surface area contributed by atoms with Crippen LogP contribution in [0.2, 0.25) is 0 Å². The summed E-state index contributed by atoms with van der Waals surface area (Å²) in [6, 6.07) is 17.1. The highest BCUT2D eigenvalue weighted by Crippen LogP contribution is 2.32. The second-order valence-electron chi connectivity index (χ2n) is 6.12. The van der Waals surface area contributed by atoms with Gasteiger partial charge in [0.25, 0.3) is 0 Å². The lowest BCUT2D eigenvalue weighted by molar-refractivity contribution is 0.630. The van der Waals surface area contributed by atoms with E-state index in [4.69, 9.17) is 0 Å². The third-order valence-corrected chi connectivity index (χ3v) is 4.50. The van der Waals surface area contributed by atoms with Gasteiger partial charge in [-0.05, 0) is 34.5 Å². The Morgan fingerprint density at radius 3 is 2.52 bits per heavy atom. The average Bonchev–Trinajstić information content (AvgIpc) is 3.38. The Kier molecular flexibility index (Phi) is 3.50. The number of halogens is 1. The maximum absolute atomic E-state index is 14.6. The Balaban J connectivity index is 1.62. The van der Waals surface area contributed by atoms with Crippen molar-refractivity contribution in [2.75, 3.05) is 0 Å². The van der Waals surface area contributed by atoms with Crippen LogP contribution in [-0.4, -0.2) is 30.6 Å². The number of H-pyrrole nitrogens is 2. The van der Waals surface area contributed by atoms with Gasteiger partial charge in [-0.2, -0.15) is 5.21 Å². The number of nitrogens with one attached hydrogen (secondary N) is 2. The van der Waals surface area contributed by atoms with Gasteiger partial charge >= 0.3 is 0 Å². The van der Waals surface area contributed by atoms with Crippen molar-refractivity contribution in [2.24, 2.45) is 0 Å². The smallest absolute Gasteiger partial charge is 0.207 e. The lowest BCUT2D eigenvalue weighted by atomic mass is 10.0. The van der Waals surface area contributed by atoms with Crippen molar-refractivity contribution >= 4 is 11.0 Å². The lowest BCUT2D eigenvalue weighted by Crippen LogP contribution is -1.88. The molecular weight excluding hydrogens is 343 g/mol. The molecule has 0 aliphatic carbocycles. The molecule has 6 nitrogen and oxygen atoms in total. The number of benzene rings is 2. The van der Waals surface area contributed by atoms with Gasteiger partial charge in [-0.1, -0.05) is 36.4 Å². The minimum atomic E-state index is -0.407. The number of nitrogens with zero attached hydrogens (tertiary/aromatic N) is 4. The topological polar surface area (TPSA) is 83.1 Å².